The number of aromatic nitrogens is 4. The van der Waals surface area contributed by atoms with Gasteiger partial charge in [0.15, 0.2) is 17.4 Å². The van der Waals surface area contributed by atoms with Crippen LogP contribution in [0.25, 0.3) is 5.57 Å². The van der Waals surface area contributed by atoms with Crippen LogP contribution in [0.1, 0.15) is 24.1 Å². The monoisotopic (exact) mass is 496 g/mol. The molecule has 0 aliphatic carbocycles. The zero-order valence-corrected chi connectivity index (χ0v) is 20.6. The molecule has 4 heterocycles. The number of thioether (sulfide) groups is 1. The van der Waals surface area contributed by atoms with Gasteiger partial charge in [-0.05, 0) is 38.1 Å². The molecule has 3 aromatic heterocycles. The number of carbonyl (C=O) groups excluding carboxylic acids is 1. The number of allylic oxidation sites excluding steroid dienone is 2. The number of rotatable bonds is 8. The Hall–Kier alpha value is -3.28. The smallest absolute Gasteiger partial charge is 0.223 e. The number of anilines is 2. The Kier molecular flexibility index (Phi) is 7.56. The van der Waals surface area contributed by atoms with Crippen molar-refractivity contribution in [3.05, 3.63) is 60.0 Å². The van der Waals surface area contributed by atoms with Crippen LogP contribution in [0, 0.1) is 13.8 Å². The highest BCUT2D eigenvalue weighted by molar-refractivity contribution is 7.99. The molecule has 0 bridgehead atoms. The predicted molar refractivity (Wildman–Crippen MR) is 134 cm³/mol. The average Bonchev–Trinajstić information content (AvgIpc) is 3.29. The maximum absolute atomic E-state index is 11.5. The van der Waals surface area contributed by atoms with Crippen molar-refractivity contribution >= 4 is 45.7 Å². The van der Waals surface area contributed by atoms with E-state index in [1.165, 1.54) is 30.2 Å². The third-order valence-corrected chi connectivity index (χ3v) is 6.41. The molecule has 0 atom stereocenters. The summed E-state index contributed by atoms with van der Waals surface area (Å²) >= 11 is 2.70. The van der Waals surface area contributed by atoms with Gasteiger partial charge in [-0.3, -0.25) is 9.78 Å². The Balaban J connectivity index is 1.57. The molecule has 0 fully saturated rings. The zero-order chi connectivity index (χ0) is 24.1. The van der Waals surface area contributed by atoms with Gasteiger partial charge in [-0.15, -0.1) is 11.8 Å². The molecule has 9 nitrogen and oxygen atoms in total. The fourth-order valence-corrected chi connectivity index (χ4v) is 4.36. The van der Waals surface area contributed by atoms with E-state index in [0.29, 0.717) is 40.6 Å². The van der Waals surface area contributed by atoms with Crippen LogP contribution in [-0.2, 0) is 4.79 Å². The second kappa shape index (κ2) is 10.8. The van der Waals surface area contributed by atoms with Gasteiger partial charge in [-0.25, -0.2) is 4.98 Å². The number of nitrogens with zero attached hydrogens (tertiary/aromatic N) is 5. The van der Waals surface area contributed by atoms with E-state index in [-0.39, 0.29) is 12.5 Å². The van der Waals surface area contributed by atoms with Crippen molar-refractivity contribution in [1.82, 2.24) is 24.2 Å². The van der Waals surface area contributed by atoms with E-state index >= 15 is 0 Å². The summed E-state index contributed by atoms with van der Waals surface area (Å²) < 4.78 is 10.6. The van der Waals surface area contributed by atoms with Crippen molar-refractivity contribution in [3.8, 4) is 11.5 Å². The summed E-state index contributed by atoms with van der Waals surface area (Å²) in [5, 5.41) is 12.9. The molecule has 4 rings (SSSR count). The summed E-state index contributed by atoms with van der Waals surface area (Å²) in [4.78, 5) is 27.6. The quantitative estimate of drug-likeness (QED) is 0.440. The molecule has 11 heteroatoms. The lowest BCUT2D eigenvalue weighted by molar-refractivity contribution is -0.125. The molecule has 1 aliphatic heterocycles. The lowest BCUT2D eigenvalue weighted by atomic mass is 10.2. The van der Waals surface area contributed by atoms with Crippen molar-refractivity contribution in [2.75, 3.05) is 24.2 Å². The Labute approximate surface area is 205 Å². The number of aliphatic hydroxyl groups is 1. The first-order valence-electron chi connectivity index (χ1n) is 10.6. The van der Waals surface area contributed by atoms with Gasteiger partial charge in [0, 0.05) is 59.3 Å². The number of hydrogen-bond acceptors (Lipinski definition) is 10. The maximum Gasteiger partial charge on any atom is 0.223 e. The average molecular weight is 497 g/mol. The molecule has 176 valence electrons. The molecule has 0 spiro atoms. The van der Waals surface area contributed by atoms with Crippen LogP contribution in [0.4, 0.5) is 10.9 Å². The van der Waals surface area contributed by atoms with Crippen LogP contribution >= 0.6 is 23.3 Å². The van der Waals surface area contributed by atoms with E-state index in [4.69, 9.17) is 9.84 Å². The first-order chi connectivity index (χ1) is 16.4. The summed E-state index contributed by atoms with van der Waals surface area (Å²) in [5.41, 5.74) is 2.53. The highest BCUT2D eigenvalue weighted by Crippen LogP contribution is 2.35. The number of nitrogens with one attached hydrogen (secondary N) is 1. The summed E-state index contributed by atoms with van der Waals surface area (Å²) in [6.45, 7) is 5.91. The van der Waals surface area contributed by atoms with Crippen molar-refractivity contribution < 1.29 is 14.6 Å². The van der Waals surface area contributed by atoms with Gasteiger partial charge in [0.2, 0.25) is 11.0 Å². The summed E-state index contributed by atoms with van der Waals surface area (Å²) in [6, 6.07) is 5.65. The molecular formula is C23H24N6O3S2. The van der Waals surface area contributed by atoms with E-state index in [9.17, 15) is 4.79 Å². The van der Waals surface area contributed by atoms with Gasteiger partial charge in [0.1, 0.15) is 5.75 Å². The number of aryl methyl sites for hydroxylation is 2. The minimum atomic E-state index is -0.0154. The number of carbonyl (C=O) groups is 1. The van der Waals surface area contributed by atoms with Gasteiger partial charge < -0.3 is 20.1 Å². The lowest BCUT2D eigenvalue weighted by Gasteiger charge is -2.17. The summed E-state index contributed by atoms with van der Waals surface area (Å²) in [7, 11) is 0. The molecule has 3 aromatic rings. The Morgan fingerprint density at radius 3 is 2.85 bits per heavy atom. The minimum Gasteiger partial charge on any atom is -0.452 e. The third kappa shape index (κ3) is 5.79. The summed E-state index contributed by atoms with van der Waals surface area (Å²) in [6.07, 6.45) is 7.20. The Morgan fingerprint density at radius 2 is 2.15 bits per heavy atom. The van der Waals surface area contributed by atoms with Gasteiger partial charge >= 0.3 is 0 Å². The molecule has 0 radical (unpaired) electrons. The van der Waals surface area contributed by atoms with Gasteiger partial charge in [-0.1, -0.05) is 6.08 Å². The second-order valence-corrected chi connectivity index (χ2v) is 9.34. The van der Waals surface area contributed by atoms with E-state index in [1.807, 2.05) is 44.2 Å². The van der Waals surface area contributed by atoms with Crippen LogP contribution in [0.15, 0.2) is 47.6 Å². The topological polar surface area (TPSA) is 113 Å². The molecule has 0 aromatic carbocycles. The fourth-order valence-electron chi connectivity index (χ4n) is 3.13. The van der Waals surface area contributed by atoms with Crippen molar-refractivity contribution in [3.63, 3.8) is 0 Å². The Morgan fingerprint density at radius 1 is 1.29 bits per heavy atom. The van der Waals surface area contributed by atoms with Gasteiger partial charge in [0.25, 0.3) is 0 Å². The second-order valence-electron chi connectivity index (χ2n) is 7.42. The van der Waals surface area contributed by atoms with Crippen molar-refractivity contribution in [1.29, 1.82) is 0 Å². The van der Waals surface area contributed by atoms with E-state index in [1.54, 1.807) is 17.3 Å². The van der Waals surface area contributed by atoms with Crippen molar-refractivity contribution in [2.24, 2.45) is 0 Å². The molecule has 2 N–H and O–H groups in total. The van der Waals surface area contributed by atoms with E-state index < -0.39 is 0 Å². The molecule has 34 heavy (non-hydrogen) atoms. The number of ether oxygens (including phenoxy) is 1. The predicted octanol–water partition coefficient (Wildman–Crippen LogP) is 4.32. The molecule has 1 amide bonds. The molecule has 0 saturated heterocycles. The minimum absolute atomic E-state index is 0.0154. The molecule has 0 unspecified atom stereocenters. The summed E-state index contributed by atoms with van der Waals surface area (Å²) in [5.74, 6) is 2.75. The molecular weight excluding hydrogens is 472 g/mol. The lowest BCUT2D eigenvalue weighted by Crippen LogP contribution is -2.24. The standard InChI is InChI=1S/C23H24N6O3S2/c1-14-4-5-19(15(2)25-14)32-20-12-18(33-11-10-30)13-24-22(20)27-23-26-21(28-34-23)17-6-8-29(9-7-17)16(3)31/h4-8,12-13,30H,9-11H2,1-3H3,(H,24,26,27,28). The Bertz CT molecular complexity index is 1260. The van der Waals surface area contributed by atoms with Crippen LogP contribution in [0.2, 0.25) is 0 Å². The fraction of sp³-hybridized carbons (Fsp3) is 0.261. The number of aliphatic hydroxyl groups excluding tert-OH is 1. The largest absolute Gasteiger partial charge is 0.452 e. The zero-order valence-electron chi connectivity index (χ0n) is 19.0. The van der Waals surface area contributed by atoms with Crippen LogP contribution < -0.4 is 10.1 Å². The maximum atomic E-state index is 11.5. The molecule has 1 aliphatic rings. The SMILES string of the molecule is CC(=O)N1C=CC(c2nsc(Nc3ncc(SCCO)cc3Oc3ccc(C)nc3C)n2)=CC1. The first kappa shape index (κ1) is 23.9. The van der Waals surface area contributed by atoms with E-state index in [2.05, 4.69) is 24.6 Å². The number of amides is 1. The molecule has 0 saturated carbocycles. The number of hydrogen-bond donors (Lipinski definition) is 2. The van der Waals surface area contributed by atoms with Crippen LogP contribution in [-0.4, -0.2) is 54.1 Å². The highest BCUT2D eigenvalue weighted by Gasteiger charge is 2.16. The van der Waals surface area contributed by atoms with Gasteiger partial charge in [-0.2, -0.15) is 9.36 Å². The van der Waals surface area contributed by atoms with Crippen LogP contribution in [0.5, 0.6) is 11.5 Å². The normalized spacial score (nSPS) is 13.1. The van der Waals surface area contributed by atoms with E-state index in [0.717, 1.165) is 21.9 Å². The highest BCUT2D eigenvalue weighted by atomic mass is 32.2. The first-order valence-corrected chi connectivity index (χ1v) is 12.3. The third-order valence-electron chi connectivity index (χ3n) is 4.84. The number of pyridine rings is 2. The van der Waals surface area contributed by atoms with Gasteiger partial charge in [0.05, 0.1) is 12.3 Å². The van der Waals surface area contributed by atoms with Crippen molar-refractivity contribution in [2.45, 2.75) is 25.7 Å². The van der Waals surface area contributed by atoms with Crippen LogP contribution in [0.3, 0.4) is 0 Å².